The summed E-state index contributed by atoms with van der Waals surface area (Å²) in [6.45, 7) is 1.81. The number of aliphatic hydroxyl groups is 2. The average molecular weight is 277 g/mol. The number of hydrogen-bond acceptors (Lipinski definition) is 4. The minimum atomic E-state index is -1.45. The molecule has 0 spiro atoms. The van der Waals surface area contributed by atoms with Gasteiger partial charge in [-0.25, -0.2) is 4.39 Å². The minimum absolute atomic E-state index is 0.0356. The van der Waals surface area contributed by atoms with Crippen molar-refractivity contribution >= 4 is 17.6 Å². The van der Waals surface area contributed by atoms with Crippen LogP contribution in [0.5, 0.6) is 0 Å². The molecule has 0 amide bonds. The van der Waals surface area contributed by atoms with Crippen LogP contribution in [0.2, 0.25) is 5.02 Å². The number of ether oxygens (including phenoxy) is 1. The summed E-state index contributed by atoms with van der Waals surface area (Å²) in [6, 6.07) is 3.87. The van der Waals surface area contributed by atoms with Crippen molar-refractivity contribution in [1.29, 1.82) is 0 Å². The summed E-state index contributed by atoms with van der Waals surface area (Å²) < 4.78 is 17.8. The van der Waals surface area contributed by atoms with E-state index < -0.39 is 24.0 Å². The molecule has 2 unspecified atom stereocenters. The van der Waals surface area contributed by atoms with Gasteiger partial charge in [-0.3, -0.25) is 4.79 Å². The van der Waals surface area contributed by atoms with Gasteiger partial charge in [-0.1, -0.05) is 23.7 Å². The third-order valence-corrected chi connectivity index (χ3v) is 2.74. The molecule has 0 saturated carbocycles. The molecule has 0 fully saturated rings. The van der Waals surface area contributed by atoms with Crippen molar-refractivity contribution in [2.45, 2.75) is 25.6 Å². The molecule has 0 heterocycles. The van der Waals surface area contributed by atoms with E-state index in [2.05, 4.69) is 4.74 Å². The summed E-state index contributed by atoms with van der Waals surface area (Å²) in [7, 11) is 0. The summed E-state index contributed by atoms with van der Waals surface area (Å²) in [5, 5.41) is 19.2. The molecule has 1 rings (SSSR count). The molecular weight excluding hydrogens is 263 g/mol. The van der Waals surface area contributed by atoms with Crippen molar-refractivity contribution in [3.63, 3.8) is 0 Å². The van der Waals surface area contributed by atoms with E-state index in [1.165, 1.54) is 12.1 Å². The molecule has 0 radical (unpaired) electrons. The van der Waals surface area contributed by atoms with Gasteiger partial charge in [-0.05, 0) is 13.0 Å². The van der Waals surface area contributed by atoms with Crippen LogP contribution in [0.4, 0.5) is 4.39 Å². The normalized spacial score (nSPS) is 14.1. The number of halogens is 2. The van der Waals surface area contributed by atoms with E-state index in [1.54, 1.807) is 6.92 Å². The number of carbonyl (C=O) groups is 1. The molecule has 6 heteroatoms. The van der Waals surface area contributed by atoms with Gasteiger partial charge in [0.2, 0.25) is 0 Å². The van der Waals surface area contributed by atoms with Gasteiger partial charge in [0.05, 0.1) is 24.2 Å². The maximum absolute atomic E-state index is 13.2. The summed E-state index contributed by atoms with van der Waals surface area (Å²) in [5.41, 5.74) is 0.0356. The SMILES string of the molecule is CCOC(=O)CC(O)C(O)c1cccc(F)c1Cl. The summed E-state index contributed by atoms with van der Waals surface area (Å²) >= 11 is 5.67. The Kier molecular flexibility index (Phi) is 5.53. The van der Waals surface area contributed by atoms with Crippen LogP contribution in [-0.4, -0.2) is 28.9 Å². The lowest BCUT2D eigenvalue weighted by Crippen LogP contribution is -2.23. The minimum Gasteiger partial charge on any atom is -0.466 e. The van der Waals surface area contributed by atoms with Gasteiger partial charge in [0.25, 0.3) is 0 Å². The van der Waals surface area contributed by atoms with E-state index >= 15 is 0 Å². The molecule has 0 aliphatic heterocycles. The van der Waals surface area contributed by atoms with Crippen molar-refractivity contribution < 1.29 is 24.1 Å². The lowest BCUT2D eigenvalue weighted by Gasteiger charge is -2.18. The number of rotatable bonds is 5. The second-order valence-electron chi connectivity index (χ2n) is 3.66. The van der Waals surface area contributed by atoms with Crippen LogP contribution in [0.1, 0.15) is 25.0 Å². The fourth-order valence-electron chi connectivity index (χ4n) is 1.46. The van der Waals surface area contributed by atoms with Gasteiger partial charge >= 0.3 is 5.97 Å². The van der Waals surface area contributed by atoms with E-state index in [9.17, 15) is 19.4 Å². The van der Waals surface area contributed by atoms with Crippen molar-refractivity contribution in [1.82, 2.24) is 0 Å². The molecule has 0 aliphatic rings. The Morgan fingerprint density at radius 3 is 2.78 bits per heavy atom. The fourth-order valence-corrected chi connectivity index (χ4v) is 1.70. The second kappa shape index (κ2) is 6.68. The number of benzene rings is 1. The van der Waals surface area contributed by atoms with Crippen LogP contribution in [-0.2, 0) is 9.53 Å². The van der Waals surface area contributed by atoms with Gasteiger partial charge in [0.1, 0.15) is 11.9 Å². The number of aliphatic hydroxyl groups excluding tert-OH is 2. The van der Waals surface area contributed by atoms with E-state index in [0.717, 1.165) is 6.07 Å². The Bertz CT molecular complexity index is 425. The maximum atomic E-state index is 13.2. The zero-order valence-electron chi connectivity index (χ0n) is 9.77. The van der Waals surface area contributed by atoms with Crippen molar-refractivity contribution in [2.24, 2.45) is 0 Å². The third kappa shape index (κ3) is 3.66. The molecule has 2 atom stereocenters. The molecule has 18 heavy (non-hydrogen) atoms. The highest BCUT2D eigenvalue weighted by Crippen LogP contribution is 2.28. The lowest BCUT2D eigenvalue weighted by molar-refractivity contribution is -0.147. The van der Waals surface area contributed by atoms with E-state index in [-0.39, 0.29) is 23.6 Å². The lowest BCUT2D eigenvalue weighted by atomic mass is 10.0. The predicted molar refractivity (Wildman–Crippen MR) is 63.6 cm³/mol. The van der Waals surface area contributed by atoms with Crippen LogP contribution in [0.25, 0.3) is 0 Å². The topological polar surface area (TPSA) is 66.8 Å². The molecule has 2 N–H and O–H groups in total. The largest absolute Gasteiger partial charge is 0.466 e. The molecule has 100 valence electrons. The van der Waals surface area contributed by atoms with Gasteiger partial charge in [0.15, 0.2) is 0 Å². The molecule has 1 aromatic carbocycles. The molecule has 0 saturated heterocycles. The van der Waals surface area contributed by atoms with Crippen LogP contribution in [0.3, 0.4) is 0 Å². The van der Waals surface area contributed by atoms with Gasteiger partial charge in [-0.2, -0.15) is 0 Å². The van der Waals surface area contributed by atoms with Crippen LogP contribution in [0.15, 0.2) is 18.2 Å². The zero-order valence-corrected chi connectivity index (χ0v) is 10.5. The predicted octanol–water partition coefficient (Wildman–Crippen LogP) is 1.83. The summed E-state index contributed by atoms with van der Waals surface area (Å²) in [4.78, 5) is 11.1. The van der Waals surface area contributed by atoms with E-state index in [0.29, 0.717) is 0 Å². The van der Waals surface area contributed by atoms with Crippen molar-refractivity contribution in [3.8, 4) is 0 Å². The Morgan fingerprint density at radius 1 is 1.50 bits per heavy atom. The zero-order chi connectivity index (χ0) is 13.7. The van der Waals surface area contributed by atoms with E-state index in [1.807, 2.05) is 0 Å². The van der Waals surface area contributed by atoms with Crippen LogP contribution in [0, 0.1) is 5.82 Å². The number of hydrogen-bond donors (Lipinski definition) is 2. The first-order valence-electron chi connectivity index (χ1n) is 5.43. The summed E-state index contributed by atoms with van der Waals surface area (Å²) in [5.74, 6) is -1.34. The van der Waals surface area contributed by atoms with Gasteiger partial charge < -0.3 is 14.9 Å². The average Bonchev–Trinajstić information content (AvgIpc) is 2.32. The van der Waals surface area contributed by atoms with Crippen molar-refractivity contribution in [3.05, 3.63) is 34.6 Å². The van der Waals surface area contributed by atoms with E-state index in [4.69, 9.17) is 11.6 Å². The molecule has 1 aromatic rings. The number of carbonyl (C=O) groups excluding carboxylic acids is 1. The second-order valence-corrected chi connectivity index (χ2v) is 4.04. The van der Waals surface area contributed by atoms with Gasteiger partial charge in [-0.15, -0.1) is 0 Å². The van der Waals surface area contributed by atoms with Crippen LogP contribution >= 0.6 is 11.6 Å². The van der Waals surface area contributed by atoms with Crippen LogP contribution < -0.4 is 0 Å². The first kappa shape index (κ1) is 14.9. The quantitative estimate of drug-likeness (QED) is 0.805. The molecular formula is C12H14ClFO4. The smallest absolute Gasteiger partial charge is 0.308 e. The fraction of sp³-hybridized carbons (Fsp3) is 0.417. The highest BCUT2D eigenvalue weighted by atomic mass is 35.5. The monoisotopic (exact) mass is 276 g/mol. The Labute approximate surface area is 109 Å². The molecule has 0 aromatic heterocycles. The highest BCUT2D eigenvalue weighted by Gasteiger charge is 2.24. The standard InChI is InChI=1S/C12H14ClFO4/c1-2-18-10(16)6-9(15)12(17)7-4-3-5-8(14)11(7)13/h3-5,9,12,15,17H,2,6H2,1H3. The number of esters is 1. The van der Waals surface area contributed by atoms with Gasteiger partial charge in [0, 0.05) is 5.56 Å². The Morgan fingerprint density at radius 2 is 2.17 bits per heavy atom. The third-order valence-electron chi connectivity index (χ3n) is 2.35. The Hall–Kier alpha value is -1.17. The molecule has 0 bridgehead atoms. The van der Waals surface area contributed by atoms with Crippen molar-refractivity contribution in [2.75, 3.05) is 6.61 Å². The first-order chi connectivity index (χ1) is 8.47. The first-order valence-corrected chi connectivity index (χ1v) is 5.80. The summed E-state index contributed by atoms with van der Waals surface area (Å²) in [6.07, 6.45) is -3.23. The maximum Gasteiger partial charge on any atom is 0.308 e. The highest BCUT2D eigenvalue weighted by molar-refractivity contribution is 6.31. The molecule has 4 nitrogen and oxygen atoms in total. The Balaban J connectivity index is 2.77. The molecule has 0 aliphatic carbocycles.